The van der Waals surface area contributed by atoms with E-state index in [1.807, 2.05) is 0 Å². The van der Waals surface area contributed by atoms with Crippen molar-refractivity contribution in [3.8, 4) is 0 Å². The van der Waals surface area contributed by atoms with Gasteiger partial charge in [-0.25, -0.2) is 4.39 Å². The lowest BCUT2D eigenvalue weighted by atomic mass is 9.76. The summed E-state index contributed by atoms with van der Waals surface area (Å²) in [5.74, 6) is -1.91. The second kappa shape index (κ2) is 6.84. The Morgan fingerprint density at radius 1 is 1.40 bits per heavy atom. The molecular formula is C15H17FO4. The largest absolute Gasteiger partial charge is 0.480 e. The minimum absolute atomic E-state index is 0.126. The Balaban J connectivity index is 2.97. The van der Waals surface area contributed by atoms with E-state index < -0.39 is 23.2 Å². The molecule has 1 aromatic carbocycles. The van der Waals surface area contributed by atoms with Crippen LogP contribution in [0.1, 0.15) is 24.8 Å². The van der Waals surface area contributed by atoms with Crippen LogP contribution in [0.25, 0.3) is 0 Å². The Kier molecular flexibility index (Phi) is 5.43. The van der Waals surface area contributed by atoms with Crippen molar-refractivity contribution in [1.29, 1.82) is 0 Å². The number of benzene rings is 1. The number of halogens is 1. The highest BCUT2D eigenvalue weighted by Crippen LogP contribution is 2.32. The van der Waals surface area contributed by atoms with Crippen molar-refractivity contribution in [2.75, 3.05) is 7.11 Å². The molecule has 0 bridgehead atoms. The molecule has 0 amide bonds. The standard InChI is InChI=1S/C15H17FO4/c1-3-15(14(18)19,10-4-5-13(17)20-2)11-6-8-12(16)9-7-11/h3,6-9H,1,4-5,10H2,2H3,(H,18,19). The molecule has 0 aliphatic heterocycles. The molecule has 20 heavy (non-hydrogen) atoms. The fourth-order valence-electron chi connectivity index (χ4n) is 2.04. The van der Waals surface area contributed by atoms with Crippen molar-refractivity contribution in [2.24, 2.45) is 0 Å². The Labute approximate surface area is 116 Å². The van der Waals surface area contributed by atoms with Crippen LogP contribution in [0.2, 0.25) is 0 Å². The van der Waals surface area contributed by atoms with E-state index in [-0.39, 0.29) is 12.8 Å². The van der Waals surface area contributed by atoms with E-state index in [2.05, 4.69) is 11.3 Å². The first kappa shape index (κ1) is 15.9. The molecule has 4 nitrogen and oxygen atoms in total. The zero-order valence-corrected chi connectivity index (χ0v) is 11.3. The summed E-state index contributed by atoms with van der Waals surface area (Å²) in [7, 11) is 1.28. The number of carbonyl (C=O) groups excluding carboxylic acids is 1. The van der Waals surface area contributed by atoms with E-state index in [0.29, 0.717) is 12.0 Å². The molecule has 0 radical (unpaired) electrons. The van der Waals surface area contributed by atoms with Crippen LogP contribution in [-0.2, 0) is 19.7 Å². The van der Waals surface area contributed by atoms with Gasteiger partial charge in [0.2, 0.25) is 0 Å². The summed E-state index contributed by atoms with van der Waals surface area (Å²) in [5.41, 5.74) is -0.895. The Morgan fingerprint density at radius 2 is 2.00 bits per heavy atom. The number of ether oxygens (including phenoxy) is 1. The fourth-order valence-corrected chi connectivity index (χ4v) is 2.04. The minimum atomic E-state index is -1.33. The van der Waals surface area contributed by atoms with Crippen LogP contribution < -0.4 is 0 Å². The second-order valence-electron chi connectivity index (χ2n) is 4.42. The molecule has 0 heterocycles. The normalized spacial score (nSPS) is 13.3. The summed E-state index contributed by atoms with van der Waals surface area (Å²) in [6.45, 7) is 3.58. The number of carboxylic acids is 1. The summed E-state index contributed by atoms with van der Waals surface area (Å²) in [6.07, 6.45) is 1.97. The van der Waals surface area contributed by atoms with Gasteiger partial charge in [0.1, 0.15) is 11.2 Å². The molecule has 0 aliphatic rings. The van der Waals surface area contributed by atoms with Crippen molar-refractivity contribution in [3.05, 3.63) is 48.3 Å². The van der Waals surface area contributed by atoms with Crippen LogP contribution in [0.3, 0.4) is 0 Å². The Bertz CT molecular complexity index is 495. The van der Waals surface area contributed by atoms with Gasteiger partial charge in [-0.15, -0.1) is 6.58 Å². The number of carboxylic acid groups (broad SMARTS) is 1. The first-order valence-electron chi connectivity index (χ1n) is 6.16. The number of carbonyl (C=O) groups is 2. The van der Waals surface area contributed by atoms with Crippen molar-refractivity contribution in [2.45, 2.75) is 24.7 Å². The number of hydrogen-bond donors (Lipinski definition) is 1. The smallest absolute Gasteiger partial charge is 0.318 e. The van der Waals surface area contributed by atoms with E-state index >= 15 is 0 Å². The predicted octanol–water partition coefficient (Wildman–Crippen LogP) is 2.68. The predicted molar refractivity (Wildman–Crippen MR) is 71.8 cm³/mol. The quantitative estimate of drug-likeness (QED) is 0.616. The highest BCUT2D eigenvalue weighted by molar-refractivity contribution is 5.84. The molecule has 0 spiro atoms. The molecule has 0 aromatic heterocycles. The summed E-state index contributed by atoms with van der Waals surface area (Å²) in [6, 6.07) is 5.25. The highest BCUT2D eigenvalue weighted by Gasteiger charge is 2.37. The van der Waals surface area contributed by atoms with Crippen LogP contribution in [0.5, 0.6) is 0 Å². The maximum atomic E-state index is 12.9. The lowest BCUT2D eigenvalue weighted by Crippen LogP contribution is -2.33. The monoisotopic (exact) mass is 280 g/mol. The molecule has 5 heteroatoms. The summed E-state index contributed by atoms with van der Waals surface area (Å²) < 4.78 is 17.5. The summed E-state index contributed by atoms with van der Waals surface area (Å²) in [4.78, 5) is 22.7. The summed E-state index contributed by atoms with van der Waals surface area (Å²) in [5, 5.41) is 9.49. The fraction of sp³-hybridized carbons (Fsp3) is 0.333. The van der Waals surface area contributed by atoms with Crippen molar-refractivity contribution in [3.63, 3.8) is 0 Å². The molecule has 108 valence electrons. The zero-order valence-electron chi connectivity index (χ0n) is 11.3. The lowest BCUT2D eigenvalue weighted by molar-refractivity contribution is -0.144. The second-order valence-corrected chi connectivity index (χ2v) is 4.42. The van der Waals surface area contributed by atoms with Gasteiger partial charge < -0.3 is 9.84 Å². The molecule has 1 N–H and O–H groups in total. The van der Waals surface area contributed by atoms with Gasteiger partial charge in [0.05, 0.1) is 7.11 Å². The first-order chi connectivity index (χ1) is 9.46. The van der Waals surface area contributed by atoms with Crippen LogP contribution in [0.15, 0.2) is 36.9 Å². The molecule has 0 saturated heterocycles. The molecule has 0 saturated carbocycles. The molecule has 1 atom stereocenters. The summed E-state index contributed by atoms with van der Waals surface area (Å²) >= 11 is 0. The SMILES string of the molecule is C=CC(CCCC(=O)OC)(C(=O)O)c1ccc(F)cc1. The van der Waals surface area contributed by atoms with Gasteiger partial charge in [-0.05, 0) is 30.5 Å². The van der Waals surface area contributed by atoms with E-state index in [1.54, 1.807) is 0 Å². The van der Waals surface area contributed by atoms with Crippen LogP contribution in [-0.4, -0.2) is 24.2 Å². The average molecular weight is 280 g/mol. The number of aliphatic carboxylic acids is 1. The van der Waals surface area contributed by atoms with E-state index in [4.69, 9.17) is 0 Å². The van der Waals surface area contributed by atoms with E-state index in [1.165, 1.54) is 37.5 Å². The van der Waals surface area contributed by atoms with Gasteiger partial charge in [-0.2, -0.15) is 0 Å². The van der Waals surface area contributed by atoms with E-state index in [9.17, 15) is 19.1 Å². The van der Waals surface area contributed by atoms with Crippen LogP contribution >= 0.6 is 0 Å². The number of rotatable bonds is 7. The molecule has 1 unspecified atom stereocenters. The van der Waals surface area contributed by atoms with Crippen molar-refractivity contribution < 1.29 is 23.8 Å². The van der Waals surface area contributed by atoms with Gasteiger partial charge >= 0.3 is 11.9 Å². The first-order valence-corrected chi connectivity index (χ1v) is 6.16. The third-order valence-corrected chi connectivity index (χ3v) is 3.27. The maximum absolute atomic E-state index is 12.9. The minimum Gasteiger partial charge on any atom is -0.480 e. The van der Waals surface area contributed by atoms with Gasteiger partial charge in [-0.1, -0.05) is 18.2 Å². The molecule has 0 fully saturated rings. The Hall–Kier alpha value is -2.17. The maximum Gasteiger partial charge on any atom is 0.318 e. The van der Waals surface area contributed by atoms with Gasteiger partial charge in [-0.3, -0.25) is 9.59 Å². The lowest BCUT2D eigenvalue weighted by Gasteiger charge is -2.26. The number of hydrogen-bond acceptors (Lipinski definition) is 3. The third-order valence-electron chi connectivity index (χ3n) is 3.27. The molecule has 1 rings (SSSR count). The van der Waals surface area contributed by atoms with Gasteiger partial charge in [0.25, 0.3) is 0 Å². The molecule has 0 aliphatic carbocycles. The average Bonchev–Trinajstić information content (AvgIpc) is 2.44. The Morgan fingerprint density at radius 3 is 2.45 bits per heavy atom. The van der Waals surface area contributed by atoms with Crippen molar-refractivity contribution >= 4 is 11.9 Å². The van der Waals surface area contributed by atoms with Crippen LogP contribution in [0.4, 0.5) is 4.39 Å². The van der Waals surface area contributed by atoms with E-state index in [0.717, 1.165) is 0 Å². The third kappa shape index (κ3) is 3.44. The van der Waals surface area contributed by atoms with Gasteiger partial charge in [0, 0.05) is 6.42 Å². The number of esters is 1. The van der Waals surface area contributed by atoms with Crippen LogP contribution in [0, 0.1) is 5.82 Å². The van der Waals surface area contributed by atoms with Gasteiger partial charge in [0.15, 0.2) is 0 Å². The number of methoxy groups -OCH3 is 1. The van der Waals surface area contributed by atoms with Crippen molar-refractivity contribution in [1.82, 2.24) is 0 Å². The molecule has 1 aromatic rings. The highest BCUT2D eigenvalue weighted by atomic mass is 19.1. The topological polar surface area (TPSA) is 63.6 Å². The zero-order chi connectivity index (χ0) is 15.2. The molecular weight excluding hydrogens is 263 g/mol.